The number of carbonyl (C=O) groups is 1. The van der Waals surface area contributed by atoms with Gasteiger partial charge in [0.15, 0.2) is 9.84 Å². The normalized spacial score (nSPS) is 11.1. The van der Waals surface area contributed by atoms with Crippen molar-refractivity contribution in [1.29, 1.82) is 0 Å². The first-order valence-electron chi connectivity index (χ1n) is 5.07. The summed E-state index contributed by atoms with van der Waals surface area (Å²) in [6.45, 7) is 1.31. The molecule has 8 nitrogen and oxygen atoms in total. The maximum atomic E-state index is 11.8. The Balaban J connectivity index is 3.75. The lowest BCUT2D eigenvalue weighted by atomic mass is 10.2. The van der Waals surface area contributed by atoms with Crippen molar-refractivity contribution in [2.24, 2.45) is 0 Å². The lowest BCUT2D eigenvalue weighted by molar-refractivity contribution is -0.387. The van der Waals surface area contributed by atoms with Gasteiger partial charge in [0.25, 0.3) is 5.69 Å². The van der Waals surface area contributed by atoms with Crippen molar-refractivity contribution in [3.8, 4) is 5.75 Å². The van der Waals surface area contributed by atoms with Crippen molar-refractivity contribution in [3.05, 3.63) is 27.8 Å². The molecular weight excluding hydrogens is 278 g/mol. The highest BCUT2D eigenvalue weighted by Crippen LogP contribution is 2.32. The number of ether oxygens (including phenoxy) is 1. The molecule has 0 amide bonds. The lowest BCUT2D eigenvalue weighted by Crippen LogP contribution is -2.10. The van der Waals surface area contributed by atoms with Gasteiger partial charge in [-0.15, -0.1) is 0 Å². The van der Waals surface area contributed by atoms with Crippen LogP contribution in [0.15, 0.2) is 17.0 Å². The first kappa shape index (κ1) is 14.9. The molecule has 0 aliphatic rings. The maximum Gasteiger partial charge on any atom is 0.339 e. The van der Waals surface area contributed by atoms with E-state index in [4.69, 9.17) is 9.84 Å². The van der Waals surface area contributed by atoms with Gasteiger partial charge in [0.1, 0.15) is 16.2 Å². The summed E-state index contributed by atoms with van der Waals surface area (Å²) in [5.41, 5.74) is -1.15. The molecule has 0 spiro atoms. The van der Waals surface area contributed by atoms with E-state index in [0.717, 1.165) is 19.2 Å². The second-order valence-corrected chi connectivity index (χ2v) is 5.73. The van der Waals surface area contributed by atoms with Gasteiger partial charge in [-0.2, -0.15) is 0 Å². The third-order valence-electron chi connectivity index (χ3n) is 2.42. The van der Waals surface area contributed by atoms with Crippen LogP contribution in [0.4, 0.5) is 5.69 Å². The summed E-state index contributed by atoms with van der Waals surface area (Å²) >= 11 is 0. The highest BCUT2D eigenvalue weighted by atomic mass is 32.2. The molecule has 0 saturated heterocycles. The van der Waals surface area contributed by atoms with Crippen LogP contribution in [0.2, 0.25) is 0 Å². The molecule has 0 heterocycles. The number of aromatic carboxylic acids is 1. The predicted octanol–water partition coefficient (Wildman–Crippen LogP) is 1.10. The first-order valence-corrected chi connectivity index (χ1v) is 6.72. The van der Waals surface area contributed by atoms with Crippen LogP contribution >= 0.6 is 0 Å². The zero-order valence-corrected chi connectivity index (χ0v) is 10.9. The zero-order chi connectivity index (χ0) is 14.8. The molecule has 0 fully saturated rings. The Morgan fingerprint density at radius 3 is 2.42 bits per heavy atom. The van der Waals surface area contributed by atoms with Crippen LogP contribution in [0.5, 0.6) is 5.75 Å². The number of carboxylic acid groups (broad SMARTS) is 1. The largest absolute Gasteiger partial charge is 0.496 e. The fourth-order valence-electron chi connectivity index (χ4n) is 1.43. The number of hydrogen-bond acceptors (Lipinski definition) is 6. The molecule has 1 aromatic rings. The number of benzene rings is 1. The molecule has 104 valence electrons. The van der Waals surface area contributed by atoms with Gasteiger partial charge >= 0.3 is 5.97 Å². The summed E-state index contributed by atoms with van der Waals surface area (Å²) in [7, 11) is -2.78. The van der Waals surface area contributed by atoms with E-state index in [1.54, 1.807) is 0 Å². The molecule has 0 aromatic heterocycles. The van der Waals surface area contributed by atoms with E-state index in [-0.39, 0.29) is 11.5 Å². The third-order valence-corrected chi connectivity index (χ3v) is 4.18. The monoisotopic (exact) mass is 289 g/mol. The number of nitro benzene ring substituents is 1. The fraction of sp³-hybridized carbons (Fsp3) is 0.300. The molecule has 9 heteroatoms. The summed E-state index contributed by atoms with van der Waals surface area (Å²) in [6.07, 6.45) is 0. The van der Waals surface area contributed by atoms with Gasteiger partial charge in [-0.3, -0.25) is 10.1 Å². The minimum atomic E-state index is -3.92. The second kappa shape index (κ2) is 5.22. The SMILES string of the molecule is CCS(=O)(=O)c1cc(C(=O)O)c(OC)cc1[N+](=O)[O-]. The Morgan fingerprint density at radius 1 is 1.47 bits per heavy atom. The molecule has 0 saturated carbocycles. The molecule has 0 aliphatic carbocycles. The van der Waals surface area contributed by atoms with Gasteiger partial charge in [0.05, 0.1) is 23.9 Å². The Labute approximate surface area is 108 Å². The van der Waals surface area contributed by atoms with Crippen LogP contribution in [0.1, 0.15) is 17.3 Å². The van der Waals surface area contributed by atoms with Crippen LogP contribution in [0.3, 0.4) is 0 Å². The molecule has 1 N–H and O–H groups in total. The minimum absolute atomic E-state index is 0.269. The van der Waals surface area contributed by atoms with E-state index in [1.807, 2.05) is 0 Å². The smallest absolute Gasteiger partial charge is 0.339 e. The molecule has 0 atom stereocenters. The van der Waals surface area contributed by atoms with E-state index in [0.29, 0.717) is 0 Å². The summed E-state index contributed by atoms with van der Waals surface area (Å²) in [5, 5.41) is 19.8. The van der Waals surface area contributed by atoms with Gasteiger partial charge in [0.2, 0.25) is 0 Å². The Bertz CT molecular complexity index is 636. The predicted molar refractivity (Wildman–Crippen MR) is 64.3 cm³/mol. The van der Waals surface area contributed by atoms with E-state index in [9.17, 15) is 23.3 Å². The molecule has 0 radical (unpaired) electrons. The van der Waals surface area contributed by atoms with Gasteiger partial charge in [-0.25, -0.2) is 13.2 Å². The number of rotatable bonds is 5. The van der Waals surface area contributed by atoms with Crippen molar-refractivity contribution < 1.29 is 28.0 Å². The summed E-state index contributed by atoms with van der Waals surface area (Å²) < 4.78 is 28.2. The molecule has 1 rings (SSSR count). The van der Waals surface area contributed by atoms with E-state index >= 15 is 0 Å². The average Bonchev–Trinajstić information content (AvgIpc) is 2.36. The first-order chi connectivity index (χ1) is 8.74. The van der Waals surface area contributed by atoms with Crippen LogP contribution < -0.4 is 4.74 Å². The topological polar surface area (TPSA) is 124 Å². The van der Waals surface area contributed by atoms with E-state index in [1.165, 1.54) is 6.92 Å². The molecule has 19 heavy (non-hydrogen) atoms. The Hall–Kier alpha value is -2.16. The molecule has 1 aromatic carbocycles. The quantitative estimate of drug-likeness (QED) is 0.635. The number of nitro groups is 1. The molecule has 0 aliphatic heterocycles. The summed E-state index contributed by atoms with van der Waals surface area (Å²) in [4.78, 5) is 20.3. The highest BCUT2D eigenvalue weighted by molar-refractivity contribution is 7.91. The van der Waals surface area contributed by atoms with Crippen molar-refractivity contribution in [2.45, 2.75) is 11.8 Å². The van der Waals surface area contributed by atoms with Crippen LogP contribution in [0, 0.1) is 10.1 Å². The Kier molecular flexibility index (Phi) is 4.10. The van der Waals surface area contributed by atoms with Crippen molar-refractivity contribution in [1.82, 2.24) is 0 Å². The summed E-state index contributed by atoms with van der Waals surface area (Å²) in [6, 6.07) is 1.55. The average molecular weight is 289 g/mol. The number of methoxy groups -OCH3 is 1. The van der Waals surface area contributed by atoms with Crippen molar-refractivity contribution in [3.63, 3.8) is 0 Å². The second-order valence-electron chi connectivity index (χ2n) is 3.49. The Morgan fingerprint density at radius 2 is 2.05 bits per heavy atom. The number of hydrogen-bond donors (Lipinski definition) is 1. The van der Waals surface area contributed by atoms with Crippen molar-refractivity contribution >= 4 is 21.5 Å². The minimum Gasteiger partial charge on any atom is -0.496 e. The number of carboxylic acids is 1. The fourth-order valence-corrected chi connectivity index (χ4v) is 2.49. The standard InChI is InChI=1S/C10H11NO7S/c1-3-19(16,17)9-4-6(10(12)13)8(18-2)5-7(9)11(14)15/h4-5H,3H2,1-2H3,(H,12,13). The number of nitrogens with zero attached hydrogens (tertiary/aromatic N) is 1. The molecule has 0 bridgehead atoms. The number of sulfone groups is 1. The highest BCUT2D eigenvalue weighted by Gasteiger charge is 2.29. The van der Waals surface area contributed by atoms with E-state index in [2.05, 4.69) is 0 Å². The van der Waals surface area contributed by atoms with Crippen LogP contribution in [-0.4, -0.2) is 37.3 Å². The van der Waals surface area contributed by atoms with E-state index < -0.39 is 36.9 Å². The van der Waals surface area contributed by atoms with Crippen LogP contribution in [-0.2, 0) is 9.84 Å². The molecule has 0 unspecified atom stereocenters. The van der Waals surface area contributed by atoms with Crippen molar-refractivity contribution in [2.75, 3.05) is 12.9 Å². The van der Waals surface area contributed by atoms with Gasteiger partial charge in [-0.1, -0.05) is 6.92 Å². The summed E-state index contributed by atoms with van der Waals surface area (Å²) in [5.74, 6) is -2.08. The third kappa shape index (κ3) is 2.81. The zero-order valence-electron chi connectivity index (χ0n) is 10.1. The van der Waals surface area contributed by atoms with Gasteiger partial charge in [0, 0.05) is 0 Å². The lowest BCUT2D eigenvalue weighted by Gasteiger charge is -2.08. The van der Waals surface area contributed by atoms with Crippen LogP contribution in [0.25, 0.3) is 0 Å². The van der Waals surface area contributed by atoms with Gasteiger partial charge < -0.3 is 9.84 Å². The molecular formula is C10H11NO7S. The maximum absolute atomic E-state index is 11.8. The van der Waals surface area contributed by atoms with Gasteiger partial charge in [-0.05, 0) is 6.07 Å².